The molecule has 5 heteroatoms. The number of para-hydroxylation sites is 1. The maximum atomic E-state index is 12.2. The van der Waals surface area contributed by atoms with Crippen molar-refractivity contribution < 1.29 is 14.6 Å². The van der Waals surface area contributed by atoms with Gasteiger partial charge in [-0.1, -0.05) is 18.2 Å². The van der Waals surface area contributed by atoms with E-state index >= 15 is 0 Å². The molecule has 1 heterocycles. The van der Waals surface area contributed by atoms with Crippen molar-refractivity contribution in [3.8, 4) is 5.75 Å². The Kier molecular flexibility index (Phi) is 4.17. The first-order valence-corrected chi connectivity index (χ1v) is 6.04. The largest absolute Gasteiger partial charge is 0.496 e. The minimum absolute atomic E-state index is 0.263. The Morgan fingerprint density at radius 2 is 2.06 bits per heavy atom. The van der Waals surface area contributed by atoms with E-state index in [1.165, 1.54) is 7.11 Å². The Labute approximate surface area is 106 Å². The van der Waals surface area contributed by atoms with Gasteiger partial charge in [0.05, 0.1) is 7.11 Å². The van der Waals surface area contributed by atoms with Crippen LogP contribution in [0, 0.1) is 0 Å². The molecule has 1 atom stereocenters. The number of carbonyl (C=O) groups is 1. The molecular weight excluding hydrogens is 232 g/mol. The molecular formula is C13H18N2O3. The summed E-state index contributed by atoms with van der Waals surface area (Å²) < 4.78 is 5.16. The highest BCUT2D eigenvalue weighted by Crippen LogP contribution is 2.26. The molecule has 98 valence electrons. The van der Waals surface area contributed by atoms with Crippen molar-refractivity contribution in [2.75, 3.05) is 33.3 Å². The minimum Gasteiger partial charge on any atom is -0.496 e. The van der Waals surface area contributed by atoms with Crippen LogP contribution < -0.4 is 10.1 Å². The van der Waals surface area contributed by atoms with E-state index in [9.17, 15) is 9.90 Å². The molecule has 1 unspecified atom stereocenters. The van der Waals surface area contributed by atoms with Crippen molar-refractivity contribution in [2.24, 2.45) is 0 Å². The summed E-state index contributed by atoms with van der Waals surface area (Å²) >= 11 is 0. The number of ether oxygens (including phenoxy) is 1. The molecule has 1 fully saturated rings. The summed E-state index contributed by atoms with van der Waals surface area (Å²) in [6.07, 6.45) is -1.15. The number of amides is 1. The second kappa shape index (κ2) is 5.84. The van der Waals surface area contributed by atoms with E-state index in [1.54, 1.807) is 23.1 Å². The average molecular weight is 250 g/mol. The molecule has 0 bridgehead atoms. The molecule has 1 aliphatic rings. The molecule has 1 saturated heterocycles. The second-order valence-electron chi connectivity index (χ2n) is 4.22. The topological polar surface area (TPSA) is 61.8 Å². The number of aliphatic hydroxyl groups excluding tert-OH is 1. The van der Waals surface area contributed by atoms with Gasteiger partial charge in [-0.2, -0.15) is 0 Å². The van der Waals surface area contributed by atoms with Crippen LogP contribution in [0.4, 0.5) is 0 Å². The normalized spacial score (nSPS) is 17.3. The highest BCUT2D eigenvalue weighted by molar-refractivity contribution is 5.83. The predicted octanol–water partition coefficient (Wildman–Crippen LogP) is 0.160. The predicted molar refractivity (Wildman–Crippen MR) is 67.4 cm³/mol. The lowest BCUT2D eigenvalue weighted by molar-refractivity contribution is -0.141. The zero-order valence-electron chi connectivity index (χ0n) is 10.4. The van der Waals surface area contributed by atoms with Gasteiger partial charge in [-0.15, -0.1) is 0 Å². The highest BCUT2D eigenvalue weighted by atomic mass is 16.5. The van der Waals surface area contributed by atoms with Crippen molar-refractivity contribution in [2.45, 2.75) is 6.10 Å². The molecule has 2 N–H and O–H groups in total. The molecule has 1 aromatic carbocycles. The molecule has 0 aromatic heterocycles. The number of aliphatic hydroxyl groups is 1. The Bertz CT molecular complexity index is 416. The number of nitrogens with one attached hydrogen (secondary N) is 1. The first-order valence-electron chi connectivity index (χ1n) is 6.04. The number of piperazine rings is 1. The Balaban J connectivity index is 2.14. The van der Waals surface area contributed by atoms with E-state index in [0.29, 0.717) is 24.4 Å². The van der Waals surface area contributed by atoms with Crippen LogP contribution in [0.1, 0.15) is 11.7 Å². The van der Waals surface area contributed by atoms with E-state index in [1.807, 2.05) is 6.07 Å². The van der Waals surface area contributed by atoms with Gasteiger partial charge in [-0.3, -0.25) is 4.79 Å². The first kappa shape index (κ1) is 12.9. The van der Waals surface area contributed by atoms with Crippen LogP contribution in [0.2, 0.25) is 0 Å². The van der Waals surface area contributed by atoms with E-state index in [2.05, 4.69) is 5.32 Å². The van der Waals surface area contributed by atoms with Gasteiger partial charge in [0.2, 0.25) is 0 Å². The summed E-state index contributed by atoms with van der Waals surface area (Å²) in [5.41, 5.74) is 0.517. The third kappa shape index (κ3) is 2.63. The van der Waals surface area contributed by atoms with Gasteiger partial charge in [-0.05, 0) is 6.07 Å². The van der Waals surface area contributed by atoms with Gasteiger partial charge < -0.3 is 20.1 Å². The summed E-state index contributed by atoms with van der Waals surface area (Å²) in [4.78, 5) is 13.8. The monoisotopic (exact) mass is 250 g/mol. The third-order valence-corrected chi connectivity index (χ3v) is 3.10. The van der Waals surface area contributed by atoms with Crippen molar-refractivity contribution in [1.82, 2.24) is 10.2 Å². The molecule has 0 radical (unpaired) electrons. The molecule has 2 rings (SSSR count). The van der Waals surface area contributed by atoms with Crippen LogP contribution in [0.3, 0.4) is 0 Å². The zero-order valence-corrected chi connectivity index (χ0v) is 10.4. The summed E-state index contributed by atoms with van der Waals surface area (Å²) in [6, 6.07) is 7.05. The van der Waals surface area contributed by atoms with Crippen LogP contribution >= 0.6 is 0 Å². The Hall–Kier alpha value is -1.59. The maximum Gasteiger partial charge on any atom is 0.256 e. The summed E-state index contributed by atoms with van der Waals surface area (Å²) in [6.45, 7) is 2.80. The van der Waals surface area contributed by atoms with E-state index < -0.39 is 6.10 Å². The number of hydrogen-bond donors (Lipinski definition) is 2. The lowest BCUT2D eigenvalue weighted by Crippen LogP contribution is -2.48. The van der Waals surface area contributed by atoms with Crippen LogP contribution in [0.15, 0.2) is 24.3 Å². The molecule has 0 saturated carbocycles. The summed E-state index contributed by atoms with van der Waals surface area (Å²) in [5, 5.41) is 13.3. The fraction of sp³-hybridized carbons (Fsp3) is 0.462. The van der Waals surface area contributed by atoms with E-state index in [0.717, 1.165) is 13.1 Å². The highest BCUT2D eigenvalue weighted by Gasteiger charge is 2.26. The number of carbonyl (C=O) groups excluding carboxylic acids is 1. The molecule has 0 spiro atoms. The van der Waals surface area contributed by atoms with Gasteiger partial charge in [0.1, 0.15) is 5.75 Å². The van der Waals surface area contributed by atoms with Gasteiger partial charge >= 0.3 is 0 Å². The number of rotatable bonds is 3. The Morgan fingerprint density at radius 1 is 1.39 bits per heavy atom. The maximum absolute atomic E-state index is 12.2. The SMILES string of the molecule is COc1ccccc1C(O)C(=O)N1CCNCC1. The lowest BCUT2D eigenvalue weighted by Gasteiger charge is -2.29. The van der Waals surface area contributed by atoms with Gasteiger partial charge in [0.15, 0.2) is 6.10 Å². The fourth-order valence-corrected chi connectivity index (χ4v) is 2.08. The molecule has 0 aliphatic carbocycles. The van der Waals surface area contributed by atoms with Crippen molar-refractivity contribution in [3.05, 3.63) is 29.8 Å². The first-order chi connectivity index (χ1) is 8.74. The number of hydrogen-bond acceptors (Lipinski definition) is 4. The quantitative estimate of drug-likeness (QED) is 0.802. The number of methoxy groups -OCH3 is 1. The van der Waals surface area contributed by atoms with Gasteiger partial charge in [0, 0.05) is 31.7 Å². The van der Waals surface area contributed by atoms with Crippen LogP contribution in [-0.4, -0.2) is 49.2 Å². The molecule has 1 aromatic rings. The molecule has 1 amide bonds. The zero-order chi connectivity index (χ0) is 13.0. The smallest absolute Gasteiger partial charge is 0.256 e. The fourth-order valence-electron chi connectivity index (χ4n) is 2.08. The van der Waals surface area contributed by atoms with Crippen LogP contribution in [0.25, 0.3) is 0 Å². The van der Waals surface area contributed by atoms with Crippen LogP contribution in [-0.2, 0) is 4.79 Å². The third-order valence-electron chi connectivity index (χ3n) is 3.10. The van der Waals surface area contributed by atoms with Crippen LogP contribution in [0.5, 0.6) is 5.75 Å². The van der Waals surface area contributed by atoms with Gasteiger partial charge in [-0.25, -0.2) is 0 Å². The molecule has 5 nitrogen and oxygen atoms in total. The van der Waals surface area contributed by atoms with E-state index in [-0.39, 0.29) is 5.91 Å². The van der Waals surface area contributed by atoms with Crippen molar-refractivity contribution in [1.29, 1.82) is 0 Å². The molecule has 18 heavy (non-hydrogen) atoms. The van der Waals surface area contributed by atoms with E-state index in [4.69, 9.17) is 4.74 Å². The lowest BCUT2D eigenvalue weighted by atomic mass is 10.1. The standard InChI is InChI=1S/C13H18N2O3/c1-18-11-5-3-2-4-10(11)12(16)13(17)15-8-6-14-7-9-15/h2-5,12,14,16H,6-9H2,1H3. The average Bonchev–Trinajstić information content (AvgIpc) is 2.46. The number of nitrogens with zero attached hydrogens (tertiary/aromatic N) is 1. The summed E-state index contributed by atoms with van der Waals surface area (Å²) in [5.74, 6) is 0.273. The second-order valence-corrected chi connectivity index (χ2v) is 4.22. The van der Waals surface area contributed by atoms with Crippen molar-refractivity contribution in [3.63, 3.8) is 0 Å². The summed E-state index contributed by atoms with van der Waals surface area (Å²) in [7, 11) is 1.53. The molecule has 1 aliphatic heterocycles. The minimum atomic E-state index is -1.15. The Morgan fingerprint density at radius 3 is 2.72 bits per heavy atom. The van der Waals surface area contributed by atoms with Gasteiger partial charge in [0.25, 0.3) is 5.91 Å². The number of benzene rings is 1. The van der Waals surface area contributed by atoms with Crippen molar-refractivity contribution >= 4 is 5.91 Å².